The zero-order valence-corrected chi connectivity index (χ0v) is 15.8. The monoisotopic (exact) mass is 338 g/mol. The molecule has 0 aromatic rings. The van der Waals surface area contributed by atoms with Crippen molar-refractivity contribution in [1.29, 1.82) is 0 Å². The molecule has 0 aromatic heterocycles. The molecule has 2 fully saturated rings. The van der Waals surface area contributed by atoms with Gasteiger partial charge in [-0.15, -0.1) is 0 Å². The number of nitrogens with one attached hydrogen (secondary N) is 2. The summed E-state index contributed by atoms with van der Waals surface area (Å²) in [5, 5.41) is 16.5. The van der Waals surface area contributed by atoms with E-state index in [1.165, 1.54) is 38.9 Å². The Morgan fingerprint density at radius 1 is 1.17 bits per heavy atom. The lowest BCUT2D eigenvalue weighted by molar-refractivity contribution is 0.120. The first-order valence-electron chi connectivity index (χ1n) is 10.1. The predicted molar refractivity (Wildman–Crippen MR) is 101 cm³/mol. The second-order valence-electron chi connectivity index (χ2n) is 7.67. The van der Waals surface area contributed by atoms with Crippen LogP contribution in [-0.2, 0) is 0 Å². The molecule has 2 aliphatic rings. The molecule has 1 aliphatic carbocycles. The van der Waals surface area contributed by atoms with Gasteiger partial charge in [0.1, 0.15) is 0 Å². The van der Waals surface area contributed by atoms with E-state index in [1.54, 1.807) is 0 Å². The van der Waals surface area contributed by atoms with Crippen LogP contribution in [0.3, 0.4) is 0 Å². The molecule has 0 bridgehead atoms. The van der Waals surface area contributed by atoms with Crippen LogP contribution in [0.5, 0.6) is 0 Å². The van der Waals surface area contributed by atoms with E-state index >= 15 is 0 Å². The van der Waals surface area contributed by atoms with Crippen LogP contribution in [-0.4, -0.2) is 60.8 Å². The van der Waals surface area contributed by atoms with E-state index in [9.17, 15) is 5.11 Å². The van der Waals surface area contributed by atoms with Gasteiger partial charge in [0.15, 0.2) is 5.96 Å². The summed E-state index contributed by atoms with van der Waals surface area (Å²) in [5.74, 6) is 1.82. The van der Waals surface area contributed by atoms with Gasteiger partial charge in [0.2, 0.25) is 0 Å². The number of rotatable bonds is 7. The van der Waals surface area contributed by atoms with Crippen molar-refractivity contribution >= 4 is 5.96 Å². The molecule has 2 rings (SSSR count). The van der Waals surface area contributed by atoms with Gasteiger partial charge in [-0.25, -0.2) is 0 Å². The minimum absolute atomic E-state index is 0.0971. The average Bonchev–Trinajstić information content (AvgIpc) is 2.57. The molecule has 24 heavy (non-hydrogen) atoms. The summed E-state index contributed by atoms with van der Waals surface area (Å²) in [6, 6.07) is 0.459. The van der Waals surface area contributed by atoms with E-state index in [0.717, 1.165) is 57.1 Å². The summed E-state index contributed by atoms with van der Waals surface area (Å²) in [6.45, 7) is 10.1. The molecule has 5 nitrogen and oxygen atoms in total. The third-order valence-corrected chi connectivity index (χ3v) is 5.28. The normalized spacial score (nSPS) is 29.5. The highest BCUT2D eigenvalue weighted by molar-refractivity contribution is 5.80. The first-order valence-corrected chi connectivity index (χ1v) is 10.1. The minimum atomic E-state index is -0.0971. The molecule has 140 valence electrons. The van der Waals surface area contributed by atoms with Crippen LogP contribution in [0.2, 0.25) is 0 Å². The Balaban J connectivity index is 1.63. The summed E-state index contributed by atoms with van der Waals surface area (Å²) in [4.78, 5) is 7.36. The van der Waals surface area contributed by atoms with Crippen molar-refractivity contribution in [3.05, 3.63) is 0 Å². The number of unbranched alkanes of at least 4 members (excludes halogenated alkanes) is 1. The first-order chi connectivity index (χ1) is 11.7. The fraction of sp³-hybridized carbons (Fsp3) is 0.947. The number of piperidine rings is 1. The van der Waals surface area contributed by atoms with Crippen LogP contribution in [0, 0.1) is 5.92 Å². The number of aliphatic hydroxyl groups is 1. The van der Waals surface area contributed by atoms with Crippen LogP contribution in [0.1, 0.15) is 65.2 Å². The fourth-order valence-electron chi connectivity index (χ4n) is 3.86. The molecule has 3 N–H and O–H groups in total. The second kappa shape index (κ2) is 10.9. The predicted octanol–water partition coefficient (Wildman–Crippen LogP) is 2.36. The summed E-state index contributed by atoms with van der Waals surface area (Å²) in [6.07, 6.45) is 8.96. The van der Waals surface area contributed by atoms with E-state index in [-0.39, 0.29) is 6.10 Å². The first kappa shape index (κ1) is 19.5. The lowest BCUT2D eigenvalue weighted by atomic mass is 9.93. The standard InChI is InChI=1S/C19H38N4O/c1-3-20-19(22-17-8-10-18(24)11-9-17)21-12-4-5-13-23-14-6-7-16(2)15-23/h16-18,24H,3-15H2,1-2H3,(H2,20,21,22). The summed E-state index contributed by atoms with van der Waals surface area (Å²) in [5.41, 5.74) is 0. The van der Waals surface area contributed by atoms with E-state index < -0.39 is 0 Å². The van der Waals surface area contributed by atoms with Crippen LogP contribution in [0.15, 0.2) is 4.99 Å². The lowest BCUT2D eigenvalue weighted by Crippen LogP contribution is -2.45. The Kier molecular flexibility index (Phi) is 8.89. The van der Waals surface area contributed by atoms with Crippen LogP contribution < -0.4 is 10.6 Å². The van der Waals surface area contributed by atoms with Crippen LogP contribution in [0.4, 0.5) is 0 Å². The SMILES string of the molecule is CCNC(=NCCCCN1CCCC(C)C1)NC1CCC(O)CC1. The molecule has 1 atom stereocenters. The molecular formula is C19H38N4O. The summed E-state index contributed by atoms with van der Waals surface area (Å²) in [7, 11) is 0. The fourth-order valence-corrected chi connectivity index (χ4v) is 3.86. The van der Waals surface area contributed by atoms with E-state index in [2.05, 4.69) is 29.4 Å². The Morgan fingerprint density at radius 3 is 2.67 bits per heavy atom. The van der Waals surface area contributed by atoms with Crippen molar-refractivity contribution in [1.82, 2.24) is 15.5 Å². The number of hydrogen-bond donors (Lipinski definition) is 3. The zero-order chi connectivity index (χ0) is 17.2. The Bertz CT molecular complexity index is 366. The number of aliphatic imine (C=N–C) groups is 1. The van der Waals surface area contributed by atoms with E-state index in [0.29, 0.717) is 6.04 Å². The highest BCUT2D eigenvalue weighted by Crippen LogP contribution is 2.18. The molecule has 0 radical (unpaired) electrons. The van der Waals surface area contributed by atoms with Crippen LogP contribution in [0.25, 0.3) is 0 Å². The number of guanidine groups is 1. The topological polar surface area (TPSA) is 59.9 Å². The molecule has 1 saturated heterocycles. The summed E-state index contributed by atoms with van der Waals surface area (Å²) < 4.78 is 0. The maximum Gasteiger partial charge on any atom is 0.191 e. The van der Waals surface area contributed by atoms with Crippen molar-refractivity contribution in [3.63, 3.8) is 0 Å². The maximum absolute atomic E-state index is 9.61. The number of hydrogen-bond acceptors (Lipinski definition) is 3. The molecular weight excluding hydrogens is 300 g/mol. The van der Waals surface area contributed by atoms with Gasteiger partial charge < -0.3 is 20.6 Å². The molecule has 0 aromatic carbocycles. The minimum Gasteiger partial charge on any atom is -0.393 e. The van der Waals surface area contributed by atoms with Crippen molar-refractivity contribution in [2.75, 3.05) is 32.7 Å². The number of nitrogens with zero attached hydrogens (tertiary/aromatic N) is 2. The van der Waals surface area contributed by atoms with Gasteiger partial charge in [-0.2, -0.15) is 0 Å². The molecule has 0 amide bonds. The van der Waals surface area contributed by atoms with Gasteiger partial charge in [0.25, 0.3) is 0 Å². The zero-order valence-electron chi connectivity index (χ0n) is 15.8. The Hall–Kier alpha value is -0.810. The van der Waals surface area contributed by atoms with Crippen molar-refractivity contribution in [3.8, 4) is 0 Å². The van der Waals surface area contributed by atoms with E-state index in [4.69, 9.17) is 4.99 Å². The molecule has 1 unspecified atom stereocenters. The number of likely N-dealkylation sites (tertiary alicyclic amines) is 1. The maximum atomic E-state index is 9.61. The van der Waals surface area contributed by atoms with Gasteiger partial charge >= 0.3 is 0 Å². The summed E-state index contributed by atoms with van der Waals surface area (Å²) >= 11 is 0. The molecule has 1 aliphatic heterocycles. The Labute approximate surface area is 148 Å². The van der Waals surface area contributed by atoms with Gasteiger partial charge in [-0.3, -0.25) is 4.99 Å². The highest BCUT2D eigenvalue weighted by atomic mass is 16.3. The third kappa shape index (κ3) is 7.39. The average molecular weight is 339 g/mol. The van der Waals surface area contributed by atoms with Crippen LogP contribution >= 0.6 is 0 Å². The third-order valence-electron chi connectivity index (χ3n) is 5.28. The molecule has 0 spiro atoms. The van der Waals surface area contributed by atoms with Gasteiger partial charge in [0.05, 0.1) is 6.10 Å². The smallest absolute Gasteiger partial charge is 0.191 e. The Morgan fingerprint density at radius 2 is 1.96 bits per heavy atom. The molecule has 5 heteroatoms. The van der Waals surface area contributed by atoms with Gasteiger partial charge in [0, 0.05) is 25.7 Å². The van der Waals surface area contributed by atoms with Gasteiger partial charge in [-0.1, -0.05) is 6.92 Å². The molecule has 1 heterocycles. The quantitative estimate of drug-likeness (QED) is 0.379. The van der Waals surface area contributed by atoms with E-state index in [1.807, 2.05) is 0 Å². The van der Waals surface area contributed by atoms with Crippen molar-refractivity contribution < 1.29 is 5.11 Å². The lowest BCUT2D eigenvalue weighted by Gasteiger charge is -2.30. The van der Waals surface area contributed by atoms with Crippen molar-refractivity contribution in [2.45, 2.75) is 77.4 Å². The largest absolute Gasteiger partial charge is 0.393 e. The van der Waals surface area contributed by atoms with Gasteiger partial charge in [-0.05, 0) is 77.3 Å². The van der Waals surface area contributed by atoms with Crippen molar-refractivity contribution in [2.24, 2.45) is 10.9 Å². The molecule has 1 saturated carbocycles. The number of aliphatic hydroxyl groups excluding tert-OH is 1. The highest BCUT2D eigenvalue weighted by Gasteiger charge is 2.20. The second-order valence-corrected chi connectivity index (χ2v) is 7.67.